The van der Waals surface area contributed by atoms with E-state index in [4.69, 9.17) is 0 Å². The van der Waals surface area contributed by atoms with Gasteiger partial charge in [-0.3, -0.25) is 0 Å². The zero-order chi connectivity index (χ0) is 10.1. The molecule has 0 N–H and O–H groups in total. The molecule has 1 heterocycles. The van der Waals surface area contributed by atoms with Crippen LogP contribution in [0.4, 0.5) is 8.78 Å². The predicted molar refractivity (Wildman–Crippen MR) is 45.7 cm³/mol. The van der Waals surface area contributed by atoms with Crippen molar-refractivity contribution in [2.75, 3.05) is 0 Å². The lowest BCUT2D eigenvalue weighted by Crippen LogP contribution is -2.16. The van der Waals surface area contributed by atoms with Crippen LogP contribution < -0.4 is 0 Å². The molecule has 13 heavy (non-hydrogen) atoms. The first kappa shape index (κ1) is 10.0. The van der Waals surface area contributed by atoms with Crippen molar-refractivity contribution in [2.45, 2.75) is 32.6 Å². The Balaban J connectivity index is 3.06. The molecule has 0 fully saturated rings. The van der Waals surface area contributed by atoms with Gasteiger partial charge in [0.05, 0.1) is 0 Å². The number of aromatic nitrogens is 2. The van der Waals surface area contributed by atoms with E-state index in [0.717, 1.165) is 0 Å². The second-order valence-electron chi connectivity index (χ2n) is 3.86. The third-order valence-electron chi connectivity index (χ3n) is 1.57. The minimum atomic E-state index is -2.52. The molecule has 0 saturated heterocycles. The maximum Gasteiger partial charge on any atom is 0.280 e. The van der Waals surface area contributed by atoms with Gasteiger partial charge in [-0.05, 0) is 6.07 Å². The number of alkyl halides is 2. The average molecular weight is 186 g/mol. The molecule has 0 spiro atoms. The van der Waals surface area contributed by atoms with Gasteiger partial charge < -0.3 is 0 Å². The topological polar surface area (TPSA) is 25.8 Å². The smallest absolute Gasteiger partial charge is 0.241 e. The van der Waals surface area contributed by atoms with Gasteiger partial charge in [0, 0.05) is 11.6 Å². The van der Waals surface area contributed by atoms with Crippen molar-refractivity contribution in [3.8, 4) is 0 Å². The van der Waals surface area contributed by atoms with Crippen LogP contribution in [0.15, 0.2) is 12.3 Å². The van der Waals surface area contributed by atoms with Gasteiger partial charge >= 0.3 is 0 Å². The minimum Gasteiger partial charge on any atom is -0.241 e. The van der Waals surface area contributed by atoms with Gasteiger partial charge in [-0.1, -0.05) is 20.8 Å². The summed E-state index contributed by atoms with van der Waals surface area (Å²) in [6, 6.07) is 1.24. The summed E-state index contributed by atoms with van der Waals surface area (Å²) < 4.78 is 24.5. The molecule has 0 aliphatic rings. The van der Waals surface area contributed by atoms with Crippen LogP contribution in [0.1, 0.15) is 38.7 Å². The van der Waals surface area contributed by atoms with Crippen LogP contribution in [0.5, 0.6) is 0 Å². The molecule has 0 saturated carbocycles. The van der Waals surface area contributed by atoms with Crippen LogP contribution in [0.25, 0.3) is 0 Å². The molecule has 2 nitrogen and oxygen atoms in total. The molecule has 0 amide bonds. The van der Waals surface area contributed by atoms with Crippen LogP contribution in [0.3, 0.4) is 0 Å². The molecular weight excluding hydrogens is 174 g/mol. The molecule has 0 atom stereocenters. The van der Waals surface area contributed by atoms with Gasteiger partial charge in [0.1, 0.15) is 11.5 Å². The van der Waals surface area contributed by atoms with Crippen molar-refractivity contribution >= 4 is 0 Å². The molecule has 1 aromatic heterocycles. The number of halogens is 2. The highest BCUT2D eigenvalue weighted by Gasteiger charge is 2.19. The Labute approximate surface area is 76.0 Å². The van der Waals surface area contributed by atoms with Crippen LogP contribution in [-0.4, -0.2) is 9.97 Å². The third-order valence-corrected chi connectivity index (χ3v) is 1.57. The molecule has 1 rings (SSSR count). The highest BCUT2D eigenvalue weighted by atomic mass is 19.3. The Hall–Kier alpha value is -1.06. The van der Waals surface area contributed by atoms with E-state index in [1.165, 1.54) is 12.3 Å². The molecule has 72 valence electrons. The van der Waals surface area contributed by atoms with Gasteiger partial charge in [-0.2, -0.15) is 0 Å². The maximum absolute atomic E-state index is 12.2. The molecule has 0 unspecified atom stereocenters. The van der Waals surface area contributed by atoms with E-state index in [9.17, 15) is 8.78 Å². The van der Waals surface area contributed by atoms with Crippen molar-refractivity contribution in [2.24, 2.45) is 0 Å². The molecule has 0 radical (unpaired) electrons. The maximum atomic E-state index is 12.2. The highest BCUT2D eigenvalue weighted by Crippen LogP contribution is 2.21. The van der Waals surface area contributed by atoms with E-state index >= 15 is 0 Å². The Bertz CT molecular complexity index is 292. The van der Waals surface area contributed by atoms with E-state index in [2.05, 4.69) is 9.97 Å². The fourth-order valence-electron chi connectivity index (χ4n) is 0.856. The number of hydrogen-bond acceptors (Lipinski definition) is 2. The first-order chi connectivity index (χ1) is 5.91. The standard InChI is InChI=1S/C9H12F2N2/c1-9(2,3)8-12-5-4-6(13-8)7(10)11/h4-5,7H,1-3H3. The van der Waals surface area contributed by atoms with Crippen LogP contribution >= 0.6 is 0 Å². The zero-order valence-corrected chi connectivity index (χ0v) is 7.88. The minimum absolute atomic E-state index is 0.208. The van der Waals surface area contributed by atoms with E-state index in [1.54, 1.807) is 0 Å². The fourth-order valence-corrected chi connectivity index (χ4v) is 0.856. The lowest BCUT2D eigenvalue weighted by molar-refractivity contribution is 0.145. The summed E-state index contributed by atoms with van der Waals surface area (Å²) in [5, 5.41) is 0. The average Bonchev–Trinajstić information content (AvgIpc) is 2.03. The summed E-state index contributed by atoms with van der Waals surface area (Å²) in [6.45, 7) is 5.66. The molecule has 0 aromatic carbocycles. The van der Waals surface area contributed by atoms with Crippen molar-refractivity contribution < 1.29 is 8.78 Å². The lowest BCUT2D eigenvalue weighted by atomic mass is 9.96. The van der Waals surface area contributed by atoms with Crippen molar-refractivity contribution in [3.63, 3.8) is 0 Å². The fraction of sp³-hybridized carbons (Fsp3) is 0.556. The third kappa shape index (κ3) is 2.44. The van der Waals surface area contributed by atoms with E-state index in [-0.39, 0.29) is 11.1 Å². The first-order valence-electron chi connectivity index (χ1n) is 4.03. The zero-order valence-electron chi connectivity index (χ0n) is 7.88. The number of hydrogen-bond donors (Lipinski definition) is 0. The summed E-state index contributed by atoms with van der Waals surface area (Å²) in [4.78, 5) is 7.73. The first-order valence-corrected chi connectivity index (χ1v) is 4.03. The van der Waals surface area contributed by atoms with Crippen molar-refractivity contribution in [1.82, 2.24) is 9.97 Å². The Kier molecular flexibility index (Phi) is 2.59. The SMILES string of the molecule is CC(C)(C)c1nccc(C(F)F)n1. The molecule has 0 aliphatic carbocycles. The largest absolute Gasteiger partial charge is 0.280 e. The van der Waals surface area contributed by atoms with Gasteiger partial charge in [-0.25, -0.2) is 18.7 Å². The van der Waals surface area contributed by atoms with Gasteiger partial charge in [0.25, 0.3) is 6.43 Å². The monoisotopic (exact) mass is 186 g/mol. The molecule has 1 aromatic rings. The van der Waals surface area contributed by atoms with Gasteiger partial charge in [0.15, 0.2) is 0 Å². The van der Waals surface area contributed by atoms with E-state index in [1.807, 2.05) is 20.8 Å². The molecular formula is C9H12F2N2. The predicted octanol–water partition coefficient (Wildman–Crippen LogP) is 2.71. The Morgan fingerprint density at radius 1 is 1.31 bits per heavy atom. The summed E-state index contributed by atoms with van der Waals surface area (Å²) in [5.74, 6) is 0.449. The van der Waals surface area contributed by atoms with E-state index in [0.29, 0.717) is 5.82 Å². The highest BCUT2D eigenvalue weighted by molar-refractivity contribution is 5.08. The second-order valence-corrected chi connectivity index (χ2v) is 3.86. The van der Waals surface area contributed by atoms with Gasteiger partial charge in [0.2, 0.25) is 0 Å². The Morgan fingerprint density at radius 2 is 1.92 bits per heavy atom. The number of nitrogens with zero attached hydrogens (tertiary/aromatic N) is 2. The van der Waals surface area contributed by atoms with Crippen LogP contribution in [0.2, 0.25) is 0 Å². The molecule has 0 aliphatic heterocycles. The van der Waals surface area contributed by atoms with Crippen molar-refractivity contribution in [1.29, 1.82) is 0 Å². The van der Waals surface area contributed by atoms with E-state index < -0.39 is 6.43 Å². The normalized spacial score (nSPS) is 12.2. The summed E-state index contributed by atoms with van der Waals surface area (Å²) >= 11 is 0. The lowest BCUT2D eigenvalue weighted by Gasteiger charge is -2.16. The van der Waals surface area contributed by atoms with Crippen LogP contribution in [0, 0.1) is 0 Å². The summed E-state index contributed by atoms with van der Waals surface area (Å²) in [6.07, 6.45) is -1.15. The number of rotatable bonds is 1. The second kappa shape index (κ2) is 3.36. The molecule has 0 bridgehead atoms. The van der Waals surface area contributed by atoms with Crippen molar-refractivity contribution in [3.05, 3.63) is 23.8 Å². The summed E-state index contributed by atoms with van der Waals surface area (Å²) in [5.41, 5.74) is -0.495. The molecule has 4 heteroatoms. The summed E-state index contributed by atoms with van der Waals surface area (Å²) in [7, 11) is 0. The van der Waals surface area contributed by atoms with Crippen LogP contribution in [-0.2, 0) is 5.41 Å². The Morgan fingerprint density at radius 3 is 2.38 bits per heavy atom. The quantitative estimate of drug-likeness (QED) is 0.673. The van der Waals surface area contributed by atoms with Gasteiger partial charge in [-0.15, -0.1) is 0 Å².